The first-order valence-electron chi connectivity index (χ1n) is 5.58. The number of benzene rings is 1. The standard InChI is InChI=1S/C12H16N4O2/c1-17-12(18-2)7-14-10-5-3-4-6-11(10)16-9-13-8-15-16/h3-6,8-9,12,14H,7H2,1-2H3. The maximum absolute atomic E-state index is 5.13. The number of rotatable bonds is 6. The molecular weight excluding hydrogens is 232 g/mol. The molecule has 1 heterocycles. The molecule has 1 N–H and O–H groups in total. The highest BCUT2D eigenvalue weighted by Crippen LogP contribution is 2.18. The number of nitrogens with zero attached hydrogens (tertiary/aromatic N) is 3. The first-order chi connectivity index (χ1) is 8.85. The van der Waals surface area contributed by atoms with Crippen molar-refractivity contribution in [1.82, 2.24) is 14.8 Å². The number of nitrogens with one attached hydrogen (secondary N) is 1. The predicted molar refractivity (Wildman–Crippen MR) is 67.7 cm³/mol. The molecule has 2 aromatic rings. The van der Waals surface area contributed by atoms with Crippen molar-refractivity contribution in [3.05, 3.63) is 36.9 Å². The Kier molecular flexibility index (Phi) is 4.27. The Morgan fingerprint density at radius 1 is 1.28 bits per heavy atom. The average molecular weight is 248 g/mol. The Hall–Kier alpha value is -1.92. The SMILES string of the molecule is COC(CNc1ccccc1-n1cncn1)OC. The van der Waals surface area contributed by atoms with E-state index in [0.29, 0.717) is 6.54 Å². The van der Waals surface area contributed by atoms with Crippen molar-refractivity contribution in [3.63, 3.8) is 0 Å². The van der Waals surface area contributed by atoms with Crippen LogP contribution in [0.4, 0.5) is 5.69 Å². The Balaban J connectivity index is 2.13. The summed E-state index contributed by atoms with van der Waals surface area (Å²) in [7, 11) is 3.22. The van der Waals surface area contributed by atoms with E-state index in [1.165, 1.54) is 6.33 Å². The van der Waals surface area contributed by atoms with E-state index in [9.17, 15) is 0 Å². The van der Waals surface area contributed by atoms with Crippen LogP contribution in [0.1, 0.15) is 0 Å². The third-order valence-corrected chi connectivity index (χ3v) is 2.55. The molecule has 0 saturated carbocycles. The molecule has 0 bridgehead atoms. The molecule has 0 aliphatic carbocycles. The lowest BCUT2D eigenvalue weighted by molar-refractivity contribution is -0.0914. The van der Waals surface area contributed by atoms with Gasteiger partial charge in [-0.15, -0.1) is 0 Å². The number of hydrogen-bond acceptors (Lipinski definition) is 5. The third-order valence-electron chi connectivity index (χ3n) is 2.55. The predicted octanol–water partition coefficient (Wildman–Crippen LogP) is 1.30. The number of ether oxygens (including phenoxy) is 2. The molecule has 2 rings (SSSR count). The molecule has 18 heavy (non-hydrogen) atoms. The van der Waals surface area contributed by atoms with Crippen molar-refractivity contribution in [2.45, 2.75) is 6.29 Å². The third kappa shape index (κ3) is 2.85. The molecule has 0 atom stereocenters. The Labute approximate surface area is 106 Å². The molecule has 0 amide bonds. The van der Waals surface area contributed by atoms with Gasteiger partial charge >= 0.3 is 0 Å². The summed E-state index contributed by atoms with van der Waals surface area (Å²) in [6.07, 6.45) is 2.88. The van der Waals surface area contributed by atoms with Gasteiger partial charge in [0.2, 0.25) is 0 Å². The summed E-state index contributed by atoms with van der Waals surface area (Å²) in [5.74, 6) is 0. The number of hydrogen-bond donors (Lipinski definition) is 1. The summed E-state index contributed by atoms with van der Waals surface area (Å²) < 4.78 is 12.0. The molecule has 96 valence electrons. The Bertz CT molecular complexity index is 469. The summed E-state index contributed by atoms with van der Waals surface area (Å²) in [6.45, 7) is 0.554. The Morgan fingerprint density at radius 3 is 2.72 bits per heavy atom. The molecule has 0 aliphatic heterocycles. The maximum atomic E-state index is 5.13. The number of para-hydroxylation sites is 2. The zero-order chi connectivity index (χ0) is 12.8. The van der Waals surface area contributed by atoms with E-state index in [-0.39, 0.29) is 6.29 Å². The van der Waals surface area contributed by atoms with Gasteiger partial charge in [-0.3, -0.25) is 0 Å². The van der Waals surface area contributed by atoms with E-state index >= 15 is 0 Å². The molecule has 0 spiro atoms. The zero-order valence-corrected chi connectivity index (χ0v) is 10.4. The van der Waals surface area contributed by atoms with Crippen LogP contribution in [0.3, 0.4) is 0 Å². The van der Waals surface area contributed by atoms with Gasteiger partial charge < -0.3 is 14.8 Å². The van der Waals surface area contributed by atoms with E-state index in [4.69, 9.17) is 9.47 Å². The van der Waals surface area contributed by atoms with Gasteiger partial charge in [-0.2, -0.15) is 5.10 Å². The summed E-state index contributed by atoms with van der Waals surface area (Å²) in [5, 5.41) is 7.38. The topological polar surface area (TPSA) is 61.2 Å². The van der Waals surface area contributed by atoms with E-state index in [0.717, 1.165) is 11.4 Å². The van der Waals surface area contributed by atoms with Gasteiger partial charge in [-0.1, -0.05) is 12.1 Å². The first kappa shape index (κ1) is 12.5. The number of anilines is 1. The minimum atomic E-state index is -0.284. The fraction of sp³-hybridized carbons (Fsp3) is 0.333. The fourth-order valence-corrected chi connectivity index (χ4v) is 1.61. The van der Waals surface area contributed by atoms with Gasteiger partial charge in [0.1, 0.15) is 12.7 Å². The van der Waals surface area contributed by atoms with Gasteiger partial charge in [0.15, 0.2) is 6.29 Å². The second-order valence-corrected chi connectivity index (χ2v) is 3.64. The minimum Gasteiger partial charge on any atom is -0.378 e. The van der Waals surface area contributed by atoms with Crippen LogP contribution in [0.15, 0.2) is 36.9 Å². The van der Waals surface area contributed by atoms with Crippen LogP contribution in [0.2, 0.25) is 0 Å². The van der Waals surface area contributed by atoms with Crippen molar-refractivity contribution in [1.29, 1.82) is 0 Å². The average Bonchev–Trinajstić information content (AvgIpc) is 2.94. The maximum Gasteiger partial charge on any atom is 0.173 e. The van der Waals surface area contributed by atoms with Crippen molar-refractivity contribution >= 4 is 5.69 Å². The second kappa shape index (κ2) is 6.13. The summed E-state index contributed by atoms with van der Waals surface area (Å²) in [5.41, 5.74) is 1.88. The highest BCUT2D eigenvalue weighted by Gasteiger charge is 2.08. The highest BCUT2D eigenvalue weighted by atomic mass is 16.7. The van der Waals surface area contributed by atoms with Crippen molar-refractivity contribution in [2.75, 3.05) is 26.1 Å². The molecule has 6 heteroatoms. The quantitative estimate of drug-likeness (QED) is 0.781. The summed E-state index contributed by atoms with van der Waals surface area (Å²) in [6, 6.07) is 7.84. The first-order valence-corrected chi connectivity index (χ1v) is 5.58. The molecular formula is C12H16N4O2. The molecule has 0 radical (unpaired) electrons. The van der Waals surface area contributed by atoms with Crippen LogP contribution in [0.25, 0.3) is 5.69 Å². The van der Waals surface area contributed by atoms with Crippen LogP contribution in [-0.2, 0) is 9.47 Å². The molecule has 0 saturated heterocycles. The van der Waals surface area contributed by atoms with Gasteiger partial charge in [-0.05, 0) is 12.1 Å². The van der Waals surface area contributed by atoms with Crippen LogP contribution in [0, 0.1) is 0 Å². The lowest BCUT2D eigenvalue weighted by Crippen LogP contribution is -2.24. The lowest BCUT2D eigenvalue weighted by atomic mass is 10.2. The second-order valence-electron chi connectivity index (χ2n) is 3.64. The number of aromatic nitrogens is 3. The van der Waals surface area contributed by atoms with E-state index in [1.54, 1.807) is 25.2 Å². The lowest BCUT2D eigenvalue weighted by Gasteiger charge is -2.16. The molecule has 0 aliphatic rings. The molecule has 6 nitrogen and oxygen atoms in total. The van der Waals surface area contributed by atoms with Gasteiger partial charge in [-0.25, -0.2) is 9.67 Å². The monoisotopic (exact) mass is 248 g/mol. The van der Waals surface area contributed by atoms with Crippen molar-refractivity contribution < 1.29 is 9.47 Å². The number of methoxy groups -OCH3 is 2. The largest absolute Gasteiger partial charge is 0.378 e. The normalized spacial score (nSPS) is 10.8. The summed E-state index contributed by atoms with van der Waals surface area (Å²) >= 11 is 0. The smallest absolute Gasteiger partial charge is 0.173 e. The molecule has 1 aromatic heterocycles. The Morgan fingerprint density at radius 2 is 2.06 bits per heavy atom. The van der Waals surface area contributed by atoms with Crippen LogP contribution in [0.5, 0.6) is 0 Å². The van der Waals surface area contributed by atoms with Crippen molar-refractivity contribution in [3.8, 4) is 5.69 Å². The van der Waals surface area contributed by atoms with Crippen LogP contribution in [-0.4, -0.2) is 41.8 Å². The van der Waals surface area contributed by atoms with E-state index in [2.05, 4.69) is 15.4 Å². The fourth-order valence-electron chi connectivity index (χ4n) is 1.61. The zero-order valence-electron chi connectivity index (χ0n) is 10.4. The van der Waals surface area contributed by atoms with E-state index < -0.39 is 0 Å². The molecule has 1 aromatic carbocycles. The minimum absolute atomic E-state index is 0.284. The van der Waals surface area contributed by atoms with Gasteiger partial charge in [0, 0.05) is 14.2 Å². The van der Waals surface area contributed by atoms with Crippen LogP contribution < -0.4 is 5.32 Å². The van der Waals surface area contributed by atoms with E-state index in [1.807, 2.05) is 24.3 Å². The van der Waals surface area contributed by atoms with Crippen LogP contribution >= 0.6 is 0 Å². The summed E-state index contributed by atoms with van der Waals surface area (Å²) in [4.78, 5) is 3.94. The highest BCUT2D eigenvalue weighted by molar-refractivity contribution is 5.60. The van der Waals surface area contributed by atoms with Gasteiger partial charge in [0.05, 0.1) is 17.9 Å². The molecule has 0 fully saturated rings. The molecule has 0 unspecified atom stereocenters. The van der Waals surface area contributed by atoms with Gasteiger partial charge in [0.25, 0.3) is 0 Å². The van der Waals surface area contributed by atoms with Crippen molar-refractivity contribution in [2.24, 2.45) is 0 Å².